The highest BCUT2D eigenvalue weighted by molar-refractivity contribution is 6.20. The minimum absolute atomic E-state index is 0.324. The fourth-order valence-corrected chi connectivity index (χ4v) is 0.964. The summed E-state index contributed by atoms with van der Waals surface area (Å²) < 4.78 is 0. The third kappa shape index (κ3) is 6.15. The Balaban J connectivity index is 3.12. The summed E-state index contributed by atoms with van der Waals surface area (Å²) in [6.07, 6.45) is 4.56. The second-order valence-electron chi connectivity index (χ2n) is 2.78. The van der Waals surface area contributed by atoms with Crippen LogP contribution in [-0.2, 0) is 0 Å². The van der Waals surface area contributed by atoms with Gasteiger partial charge in [0.15, 0.2) is 0 Å². The van der Waals surface area contributed by atoms with Gasteiger partial charge in [-0.05, 0) is 32.6 Å². The molecule has 60 valence electrons. The van der Waals surface area contributed by atoms with Gasteiger partial charge in [0.2, 0.25) is 0 Å². The molecule has 1 atom stereocenters. The molecule has 10 heavy (non-hydrogen) atoms. The van der Waals surface area contributed by atoms with Gasteiger partial charge in [0.25, 0.3) is 0 Å². The van der Waals surface area contributed by atoms with Crippen LogP contribution in [-0.4, -0.2) is 5.38 Å². The maximum absolute atomic E-state index is 5.77. The Bertz CT molecular complexity index is 94.9. The number of halogens is 1. The summed E-state index contributed by atoms with van der Waals surface area (Å²) in [5, 5.41) is 0.324. The molecule has 0 amide bonds. The van der Waals surface area contributed by atoms with Crippen molar-refractivity contribution in [3.8, 4) is 0 Å². The molecule has 0 heterocycles. The van der Waals surface area contributed by atoms with Crippen LogP contribution in [0.25, 0.3) is 0 Å². The van der Waals surface area contributed by atoms with Gasteiger partial charge in [-0.25, -0.2) is 0 Å². The molecule has 0 radical (unpaired) electrons. The van der Waals surface area contributed by atoms with E-state index in [1.54, 1.807) is 0 Å². The molecule has 0 bridgehead atoms. The van der Waals surface area contributed by atoms with E-state index in [1.807, 2.05) is 6.92 Å². The highest BCUT2D eigenvalue weighted by Gasteiger charge is 1.96. The Labute approximate surface area is 69.3 Å². The van der Waals surface area contributed by atoms with E-state index in [4.69, 9.17) is 11.6 Å². The van der Waals surface area contributed by atoms with E-state index in [0.29, 0.717) is 5.38 Å². The predicted molar refractivity (Wildman–Crippen MR) is 48.6 cm³/mol. The number of alkyl halides is 1. The average molecular weight is 161 g/mol. The van der Waals surface area contributed by atoms with Gasteiger partial charge in [0.1, 0.15) is 0 Å². The highest BCUT2D eigenvalue weighted by atomic mass is 35.5. The molecular weight excluding hydrogens is 144 g/mol. The van der Waals surface area contributed by atoms with Crippen molar-refractivity contribution in [2.75, 3.05) is 0 Å². The molecule has 0 aromatic heterocycles. The first-order valence-corrected chi connectivity index (χ1v) is 4.41. The molecule has 0 aromatic rings. The van der Waals surface area contributed by atoms with Gasteiger partial charge in [-0.2, -0.15) is 0 Å². The standard InChI is InChI=1S/C9H17Cl/c1-4-8(2)6-5-7-9(3)10/h9H,2,4-7H2,1,3H3. The molecule has 0 rings (SSSR count). The van der Waals surface area contributed by atoms with Crippen LogP contribution in [0, 0.1) is 0 Å². The van der Waals surface area contributed by atoms with Crippen molar-refractivity contribution < 1.29 is 0 Å². The quantitative estimate of drug-likeness (QED) is 0.425. The summed E-state index contributed by atoms with van der Waals surface area (Å²) in [5.41, 5.74) is 1.34. The molecule has 0 aliphatic rings. The Kier molecular flexibility index (Phi) is 5.81. The van der Waals surface area contributed by atoms with Gasteiger partial charge >= 0.3 is 0 Å². The molecule has 0 aliphatic carbocycles. The van der Waals surface area contributed by atoms with E-state index in [2.05, 4.69) is 13.5 Å². The molecule has 0 N–H and O–H groups in total. The van der Waals surface area contributed by atoms with Crippen molar-refractivity contribution >= 4 is 11.6 Å². The molecule has 0 saturated carbocycles. The monoisotopic (exact) mass is 160 g/mol. The van der Waals surface area contributed by atoms with Gasteiger partial charge in [-0.1, -0.05) is 19.1 Å². The Morgan fingerprint density at radius 2 is 2.20 bits per heavy atom. The second kappa shape index (κ2) is 5.79. The van der Waals surface area contributed by atoms with Crippen LogP contribution in [0.2, 0.25) is 0 Å². The maximum atomic E-state index is 5.77. The van der Waals surface area contributed by atoms with Crippen molar-refractivity contribution in [3.63, 3.8) is 0 Å². The zero-order valence-electron chi connectivity index (χ0n) is 6.99. The minimum Gasteiger partial charge on any atom is -0.123 e. The average Bonchev–Trinajstić information content (AvgIpc) is 1.87. The fourth-order valence-electron chi connectivity index (χ4n) is 0.810. The first kappa shape index (κ1) is 10.0. The fraction of sp³-hybridized carbons (Fsp3) is 0.778. The first-order chi connectivity index (χ1) is 4.66. The van der Waals surface area contributed by atoms with Crippen LogP contribution >= 0.6 is 11.6 Å². The summed E-state index contributed by atoms with van der Waals surface area (Å²) in [7, 11) is 0. The van der Waals surface area contributed by atoms with Gasteiger partial charge in [0, 0.05) is 5.38 Å². The van der Waals surface area contributed by atoms with Crippen LogP contribution in [0.15, 0.2) is 12.2 Å². The minimum atomic E-state index is 0.324. The molecule has 0 nitrogen and oxygen atoms in total. The molecule has 0 spiro atoms. The summed E-state index contributed by atoms with van der Waals surface area (Å²) in [6, 6.07) is 0. The molecule has 1 unspecified atom stereocenters. The number of hydrogen-bond donors (Lipinski definition) is 0. The molecular formula is C9H17Cl. The van der Waals surface area contributed by atoms with Crippen LogP contribution in [0.5, 0.6) is 0 Å². The highest BCUT2D eigenvalue weighted by Crippen LogP contribution is 2.12. The third-order valence-electron chi connectivity index (χ3n) is 1.63. The van der Waals surface area contributed by atoms with Crippen LogP contribution < -0.4 is 0 Å². The van der Waals surface area contributed by atoms with Crippen LogP contribution in [0.4, 0.5) is 0 Å². The van der Waals surface area contributed by atoms with Crippen molar-refractivity contribution in [1.82, 2.24) is 0 Å². The lowest BCUT2D eigenvalue weighted by Gasteiger charge is -2.03. The Morgan fingerprint density at radius 3 is 2.60 bits per heavy atom. The first-order valence-electron chi connectivity index (χ1n) is 3.97. The predicted octanol–water partition coefficient (Wildman–Crippen LogP) is 3.75. The number of hydrogen-bond acceptors (Lipinski definition) is 0. The van der Waals surface area contributed by atoms with Gasteiger partial charge in [-0.15, -0.1) is 11.6 Å². The largest absolute Gasteiger partial charge is 0.123 e. The van der Waals surface area contributed by atoms with Crippen molar-refractivity contribution in [3.05, 3.63) is 12.2 Å². The Hall–Kier alpha value is 0.0300. The van der Waals surface area contributed by atoms with Gasteiger partial charge in [0.05, 0.1) is 0 Å². The van der Waals surface area contributed by atoms with E-state index in [-0.39, 0.29) is 0 Å². The Morgan fingerprint density at radius 1 is 1.60 bits per heavy atom. The smallest absolute Gasteiger partial charge is 0.0307 e. The summed E-state index contributed by atoms with van der Waals surface area (Å²) in [5.74, 6) is 0. The third-order valence-corrected chi connectivity index (χ3v) is 1.85. The topological polar surface area (TPSA) is 0 Å². The lowest BCUT2D eigenvalue weighted by Crippen LogP contribution is -1.90. The maximum Gasteiger partial charge on any atom is 0.0307 e. The van der Waals surface area contributed by atoms with Crippen molar-refractivity contribution in [2.45, 2.75) is 44.9 Å². The van der Waals surface area contributed by atoms with E-state index in [9.17, 15) is 0 Å². The van der Waals surface area contributed by atoms with E-state index >= 15 is 0 Å². The van der Waals surface area contributed by atoms with Crippen LogP contribution in [0.1, 0.15) is 39.5 Å². The lowest BCUT2D eigenvalue weighted by atomic mass is 10.1. The number of allylic oxidation sites excluding steroid dienone is 1. The van der Waals surface area contributed by atoms with E-state index in [0.717, 1.165) is 19.3 Å². The van der Waals surface area contributed by atoms with Gasteiger partial charge < -0.3 is 0 Å². The van der Waals surface area contributed by atoms with Crippen molar-refractivity contribution in [1.29, 1.82) is 0 Å². The van der Waals surface area contributed by atoms with Gasteiger partial charge in [-0.3, -0.25) is 0 Å². The molecule has 0 aromatic carbocycles. The van der Waals surface area contributed by atoms with E-state index < -0.39 is 0 Å². The zero-order valence-corrected chi connectivity index (χ0v) is 7.75. The van der Waals surface area contributed by atoms with Crippen LogP contribution in [0.3, 0.4) is 0 Å². The molecule has 0 aliphatic heterocycles. The lowest BCUT2D eigenvalue weighted by molar-refractivity contribution is 0.709. The van der Waals surface area contributed by atoms with Crippen molar-refractivity contribution in [2.24, 2.45) is 0 Å². The summed E-state index contributed by atoms with van der Waals surface area (Å²) >= 11 is 5.77. The summed E-state index contributed by atoms with van der Waals surface area (Å²) in [6.45, 7) is 8.11. The number of rotatable bonds is 5. The second-order valence-corrected chi connectivity index (χ2v) is 3.52. The normalized spacial score (nSPS) is 13.1. The molecule has 0 saturated heterocycles. The molecule has 1 heteroatoms. The SMILES string of the molecule is C=C(CC)CCCC(C)Cl. The zero-order chi connectivity index (χ0) is 7.98. The molecule has 0 fully saturated rings. The van der Waals surface area contributed by atoms with E-state index in [1.165, 1.54) is 12.0 Å². The summed E-state index contributed by atoms with van der Waals surface area (Å²) in [4.78, 5) is 0.